The van der Waals surface area contributed by atoms with Crippen molar-refractivity contribution in [2.75, 3.05) is 11.1 Å². The van der Waals surface area contributed by atoms with Crippen LogP contribution in [-0.4, -0.2) is 22.7 Å². The van der Waals surface area contributed by atoms with E-state index in [1.165, 1.54) is 21.8 Å². The highest BCUT2D eigenvalue weighted by molar-refractivity contribution is 7.98. The van der Waals surface area contributed by atoms with Gasteiger partial charge in [0.2, 0.25) is 0 Å². The molecule has 3 rings (SSSR count). The van der Waals surface area contributed by atoms with Crippen LogP contribution in [0.4, 0.5) is 5.69 Å². The van der Waals surface area contributed by atoms with Crippen LogP contribution in [0.3, 0.4) is 0 Å². The standard InChI is InChI=1S/C14H13NO3S3/c1-7-5-20-12(14(17)18)11(7)15-13(16)10-4-8-6-19-3-2-9(8)21-10/h4-5H,2-3,6H2,1H3,(H,15,16)(H,17,18). The summed E-state index contributed by atoms with van der Waals surface area (Å²) in [6, 6.07) is 1.93. The second-order valence-corrected chi connectivity index (χ2v) is 7.87. The molecule has 2 N–H and O–H groups in total. The number of thiophene rings is 2. The number of aryl methyl sites for hydroxylation is 2. The fourth-order valence-corrected chi connectivity index (χ4v) is 5.30. The second-order valence-electron chi connectivity index (χ2n) is 4.74. The molecular formula is C14H13NO3S3. The van der Waals surface area contributed by atoms with E-state index in [9.17, 15) is 9.59 Å². The minimum Gasteiger partial charge on any atom is -0.477 e. The predicted octanol–water partition coefficient (Wildman–Crippen LogP) is 3.86. The zero-order valence-electron chi connectivity index (χ0n) is 11.3. The molecule has 0 radical (unpaired) electrons. The van der Waals surface area contributed by atoms with Crippen molar-refractivity contribution in [2.24, 2.45) is 0 Å². The van der Waals surface area contributed by atoms with Gasteiger partial charge in [0.15, 0.2) is 0 Å². The molecule has 0 spiro atoms. The fraction of sp³-hybridized carbons (Fsp3) is 0.286. The molecule has 2 aromatic rings. The van der Waals surface area contributed by atoms with Crippen molar-refractivity contribution in [3.63, 3.8) is 0 Å². The molecule has 3 heterocycles. The van der Waals surface area contributed by atoms with Gasteiger partial charge >= 0.3 is 5.97 Å². The van der Waals surface area contributed by atoms with E-state index in [1.54, 1.807) is 12.3 Å². The highest BCUT2D eigenvalue weighted by atomic mass is 32.2. The lowest BCUT2D eigenvalue weighted by Crippen LogP contribution is -2.12. The number of carboxylic acids is 1. The first-order valence-electron chi connectivity index (χ1n) is 6.38. The van der Waals surface area contributed by atoms with Crippen LogP contribution < -0.4 is 5.32 Å². The van der Waals surface area contributed by atoms with Crippen molar-refractivity contribution < 1.29 is 14.7 Å². The Morgan fingerprint density at radius 1 is 1.38 bits per heavy atom. The largest absolute Gasteiger partial charge is 0.477 e. The van der Waals surface area contributed by atoms with Gasteiger partial charge in [-0.2, -0.15) is 11.8 Å². The van der Waals surface area contributed by atoms with Gasteiger partial charge in [-0.25, -0.2) is 4.79 Å². The smallest absolute Gasteiger partial charge is 0.348 e. The van der Waals surface area contributed by atoms with E-state index in [1.807, 2.05) is 17.8 Å². The minimum atomic E-state index is -1.01. The van der Waals surface area contributed by atoms with E-state index in [4.69, 9.17) is 5.11 Å². The number of anilines is 1. The van der Waals surface area contributed by atoms with Crippen LogP contribution in [0.2, 0.25) is 0 Å². The molecule has 2 aromatic heterocycles. The van der Waals surface area contributed by atoms with Gasteiger partial charge in [0.25, 0.3) is 5.91 Å². The Morgan fingerprint density at radius 2 is 2.19 bits per heavy atom. The Labute approximate surface area is 134 Å². The number of amides is 1. The van der Waals surface area contributed by atoms with Gasteiger partial charge in [0.1, 0.15) is 4.88 Å². The molecule has 0 saturated heterocycles. The molecule has 110 valence electrons. The maximum Gasteiger partial charge on any atom is 0.348 e. The lowest BCUT2D eigenvalue weighted by Gasteiger charge is -2.08. The number of carbonyl (C=O) groups is 2. The molecule has 0 aromatic carbocycles. The van der Waals surface area contributed by atoms with Crippen LogP contribution in [0.1, 0.15) is 35.3 Å². The number of hydrogen-bond donors (Lipinski definition) is 2. The van der Waals surface area contributed by atoms with Gasteiger partial charge in [0, 0.05) is 10.6 Å². The van der Waals surface area contributed by atoms with E-state index in [-0.39, 0.29) is 10.8 Å². The van der Waals surface area contributed by atoms with E-state index < -0.39 is 5.97 Å². The summed E-state index contributed by atoms with van der Waals surface area (Å²) in [4.78, 5) is 25.6. The Kier molecular flexibility index (Phi) is 4.05. The highest BCUT2D eigenvalue weighted by Crippen LogP contribution is 2.33. The molecule has 1 amide bonds. The van der Waals surface area contributed by atoms with E-state index in [0.29, 0.717) is 10.6 Å². The number of hydrogen-bond acceptors (Lipinski definition) is 5. The first kappa shape index (κ1) is 14.6. The summed E-state index contributed by atoms with van der Waals surface area (Å²) in [5.41, 5.74) is 2.43. The summed E-state index contributed by atoms with van der Waals surface area (Å²) in [5, 5.41) is 13.7. The maximum absolute atomic E-state index is 12.4. The third kappa shape index (κ3) is 2.86. The van der Waals surface area contributed by atoms with Gasteiger partial charge < -0.3 is 10.4 Å². The quantitative estimate of drug-likeness (QED) is 0.891. The second kappa shape index (κ2) is 5.82. The molecule has 7 heteroatoms. The van der Waals surface area contributed by atoms with E-state index in [0.717, 1.165) is 34.8 Å². The summed E-state index contributed by atoms with van der Waals surface area (Å²) >= 11 is 4.53. The van der Waals surface area contributed by atoms with Gasteiger partial charge in [-0.05, 0) is 41.7 Å². The molecule has 0 fully saturated rings. The first-order chi connectivity index (χ1) is 10.1. The van der Waals surface area contributed by atoms with Gasteiger partial charge in [-0.15, -0.1) is 22.7 Å². The summed E-state index contributed by atoms with van der Waals surface area (Å²) in [6.45, 7) is 1.80. The van der Waals surface area contributed by atoms with Gasteiger partial charge in [-0.3, -0.25) is 4.79 Å². The van der Waals surface area contributed by atoms with Crippen LogP contribution >= 0.6 is 34.4 Å². The molecule has 1 aliphatic rings. The van der Waals surface area contributed by atoms with Crippen molar-refractivity contribution >= 4 is 52.0 Å². The van der Waals surface area contributed by atoms with Crippen LogP contribution in [0.5, 0.6) is 0 Å². The third-order valence-corrected chi connectivity index (χ3v) is 6.59. The van der Waals surface area contributed by atoms with Gasteiger partial charge in [0.05, 0.1) is 10.6 Å². The molecule has 0 unspecified atom stereocenters. The molecule has 1 aliphatic heterocycles. The van der Waals surface area contributed by atoms with Crippen LogP contribution in [-0.2, 0) is 12.2 Å². The zero-order valence-corrected chi connectivity index (χ0v) is 13.7. The number of thioether (sulfide) groups is 1. The molecule has 0 bridgehead atoms. The molecule has 0 saturated carbocycles. The first-order valence-corrected chi connectivity index (χ1v) is 9.23. The summed E-state index contributed by atoms with van der Waals surface area (Å²) < 4.78 is 0. The lowest BCUT2D eigenvalue weighted by atomic mass is 10.2. The van der Waals surface area contributed by atoms with Crippen molar-refractivity contribution in [1.82, 2.24) is 0 Å². The van der Waals surface area contributed by atoms with Crippen LogP contribution in [0, 0.1) is 6.92 Å². The molecule has 0 atom stereocenters. The maximum atomic E-state index is 12.4. The average Bonchev–Trinajstić information content (AvgIpc) is 3.03. The van der Waals surface area contributed by atoms with Crippen molar-refractivity contribution in [2.45, 2.75) is 19.1 Å². The molecule has 4 nitrogen and oxygen atoms in total. The van der Waals surface area contributed by atoms with E-state index >= 15 is 0 Å². The number of aromatic carboxylic acids is 1. The fourth-order valence-electron chi connectivity index (χ4n) is 2.19. The summed E-state index contributed by atoms with van der Waals surface area (Å²) in [6.07, 6.45) is 1.01. The van der Waals surface area contributed by atoms with Crippen LogP contribution in [0.25, 0.3) is 0 Å². The zero-order chi connectivity index (χ0) is 15.0. The SMILES string of the molecule is Cc1csc(C(=O)O)c1NC(=O)c1cc2c(s1)CCSC2. The lowest BCUT2D eigenvalue weighted by molar-refractivity contribution is 0.0703. The summed E-state index contributed by atoms with van der Waals surface area (Å²) in [5.74, 6) is 0.826. The Morgan fingerprint density at radius 3 is 2.90 bits per heavy atom. The van der Waals surface area contributed by atoms with Crippen molar-refractivity contribution in [3.8, 4) is 0 Å². The normalized spacial score (nSPS) is 13.8. The topological polar surface area (TPSA) is 66.4 Å². The Hall–Kier alpha value is -1.31. The Bertz CT molecular complexity index is 694. The molecule has 0 aliphatic carbocycles. The monoisotopic (exact) mass is 339 g/mol. The Balaban J connectivity index is 1.85. The average molecular weight is 339 g/mol. The summed E-state index contributed by atoms with van der Waals surface area (Å²) in [7, 11) is 0. The highest BCUT2D eigenvalue weighted by Gasteiger charge is 2.21. The number of fused-ring (bicyclic) bond motifs is 1. The van der Waals surface area contributed by atoms with Gasteiger partial charge in [-0.1, -0.05) is 0 Å². The van der Waals surface area contributed by atoms with Crippen molar-refractivity contribution in [3.05, 3.63) is 37.2 Å². The number of carboxylic acid groups (broad SMARTS) is 1. The number of carbonyl (C=O) groups excluding carboxylic acids is 1. The molecule has 21 heavy (non-hydrogen) atoms. The third-order valence-electron chi connectivity index (χ3n) is 3.26. The number of rotatable bonds is 3. The van der Waals surface area contributed by atoms with Crippen molar-refractivity contribution in [1.29, 1.82) is 0 Å². The van der Waals surface area contributed by atoms with E-state index in [2.05, 4.69) is 5.32 Å². The molecular weight excluding hydrogens is 326 g/mol. The minimum absolute atomic E-state index is 0.178. The number of nitrogens with one attached hydrogen (secondary N) is 1. The van der Waals surface area contributed by atoms with Crippen LogP contribution in [0.15, 0.2) is 11.4 Å². The predicted molar refractivity (Wildman–Crippen MR) is 88.2 cm³/mol.